The number of aromatic nitrogens is 3. The Labute approximate surface area is 398 Å². The van der Waals surface area contributed by atoms with E-state index in [2.05, 4.69) is 182 Å². The van der Waals surface area contributed by atoms with Gasteiger partial charge in [0.25, 0.3) is 0 Å². The maximum absolute atomic E-state index is 6.63. The van der Waals surface area contributed by atoms with E-state index in [-0.39, 0.29) is 0 Å². The average molecular weight is 898 g/mol. The fourth-order valence-corrected chi connectivity index (χ4v) is 11.9. The van der Waals surface area contributed by atoms with E-state index >= 15 is 0 Å². The van der Waals surface area contributed by atoms with Crippen molar-refractivity contribution in [1.82, 2.24) is 15.0 Å². The molecule has 4 aromatic heterocycles. The highest BCUT2D eigenvalue weighted by molar-refractivity contribution is 7.25. The fraction of sp³-hybridized carbons (Fsp3) is 0. The normalized spacial score (nSPS) is 12.1. The zero-order chi connectivity index (χ0) is 45.2. The van der Waals surface area contributed by atoms with Crippen molar-refractivity contribution in [3.63, 3.8) is 0 Å². The SMILES string of the molecule is c1ccc(-c2nc(-c3ccc4c5ccccc5c5ccccc5c4c3)nc(-c3cccc4oc5ccc(-c6cccc7oc8ccc(-c9ccc%10c(c9)sc9ccccc9%10)cc8c67)cc5c34)n2)cc1. The van der Waals surface area contributed by atoms with Crippen molar-refractivity contribution in [2.75, 3.05) is 0 Å². The van der Waals surface area contributed by atoms with Gasteiger partial charge in [-0.05, 0) is 109 Å². The molecular formula is C63H35N3O2S. The maximum Gasteiger partial charge on any atom is 0.164 e. The van der Waals surface area contributed by atoms with Crippen molar-refractivity contribution in [3.05, 3.63) is 212 Å². The number of nitrogens with zero attached hydrogens (tertiary/aromatic N) is 3. The Morgan fingerprint density at radius 3 is 1.46 bits per heavy atom. The molecule has 0 bridgehead atoms. The molecular weight excluding hydrogens is 863 g/mol. The summed E-state index contributed by atoms with van der Waals surface area (Å²) in [6.07, 6.45) is 0. The van der Waals surface area contributed by atoms with Crippen LogP contribution in [0.1, 0.15) is 0 Å². The number of fused-ring (bicyclic) bond motifs is 15. The second-order valence-electron chi connectivity index (χ2n) is 17.8. The zero-order valence-corrected chi connectivity index (χ0v) is 37.6. The van der Waals surface area contributed by atoms with E-state index in [1.54, 1.807) is 0 Å². The average Bonchev–Trinajstić information content (AvgIpc) is 4.11. The number of furan rings is 2. The van der Waals surface area contributed by atoms with Crippen molar-refractivity contribution in [2.45, 2.75) is 0 Å². The lowest BCUT2D eigenvalue weighted by atomic mass is 9.93. The van der Waals surface area contributed by atoms with Gasteiger partial charge >= 0.3 is 0 Å². The van der Waals surface area contributed by atoms with Gasteiger partial charge in [0.15, 0.2) is 17.5 Å². The highest BCUT2D eigenvalue weighted by Gasteiger charge is 2.21. The molecule has 0 aliphatic carbocycles. The molecule has 5 nitrogen and oxygen atoms in total. The fourth-order valence-electron chi connectivity index (χ4n) is 10.7. The number of thiophene rings is 1. The van der Waals surface area contributed by atoms with Crippen molar-refractivity contribution in [2.24, 2.45) is 0 Å². The van der Waals surface area contributed by atoms with Crippen LogP contribution in [-0.4, -0.2) is 15.0 Å². The van der Waals surface area contributed by atoms with E-state index in [4.69, 9.17) is 23.8 Å². The summed E-state index contributed by atoms with van der Waals surface area (Å²) in [5, 5.41) is 13.9. The summed E-state index contributed by atoms with van der Waals surface area (Å²) in [5.74, 6) is 1.78. The smallest absolute Gasteiger partial charge is 0.164 e. The Balaban J connectivity index is 0.897. The van der Waals surface area contributed by atoms with Crippen LogP contribution in [-0.2, 0) is 0 Å². The van der Waals surface area contributed by atoms with Gasteiger partial charge < -0.3 is 8.83 Å². The Kier molecular flexibility index (Phi) is 8.17. The van der Waals surface area contributed by atoms with Gasteiger partial charge in [0.05, 0.1) is 0 Å². The molecule has 15 aromatic rings. The van der Waals surface area contributed by atoms with Crippen LogP contribution in [0.4, 0.5) is 0 Å². The summed E-state index contributed by atoms with van der Waals surface area (Å²) in [6, 6.07) is 75.0. The number of hydrogen-bond acceptors (Lipinski definition) is 6. The molecule has 0 saturated heterocycles. The van der Waals surface area contributed by atoms with E-state index in [9.17, 15) is 0 Å². The van der Waals surface area contributed by atoms with Crippen LogP contribution in [0, 0.1) is 0 Å². The summed E-state index contributed by atoms with van der Waals surface area (Å²) in [5.41, 5.74) is 10.4. The first-order valence-corrected chi connectivity index (χ1v) is 24.0. The van der Waals surface area contributed by atoms with Gasteiger partial charge in [-0.25, -0.2) is 15.0 Å². The van der Waals surface area contributed by atoms with Crippen LogP contribution in [0.5, 0.6) is 0 Å². The second-order valence-corrected chi connectivity index (χ2v) is 18.9. The first kappa shape index (κ1) is 38.2. The minimum absolute atomic E-state index is 0.574. The molecule has 6 heteroatoms. The molecule has 0 N–H and O–H groups in total. The lowest BCUT2D eigenvalue weighted by Gasteiger charge is -2.13. The summed E-state index contributed by atoms with van der Waals surface area (Å²) < 4.78 is 15.8. The molecule has 0 aliphatic rings. The Morgan fingerprint density at radius 2 is 0.739 bits per heavy atom. The third kappa shape index (κ3) is 5.92. The minimum Gasteiger partial charge on any atom is -0.456 e. The molecule has 0 aliphatic heterocycles. The Bertz CT molecular complexity index is 4590. The molecule has 0 radical (unpaired) electrons. The van der Waals surface area contributed by atoms with Crippen LogP contribution in [0.15, 0.2) is 221 Å². The summed E-state index contributed by atoms with van der Waals surface area (Å²) >= 11 is 1.84. The topological polar surface area (TPSA) is 65.0 Å². The zero-order valence-electron chi connectivity index (χ0n) is 36.8. The van der Waals surface area contributed by atoms with Crippen LogP contribution < -0.4 is 0 Å². The quantitative estimate of drug-likeness (QED) is 0.161. The predicted octanol–water partition coefficient (Wildman–Crippen LogP) is 17.8. The van der Waals surface area contributed by atoms with E-state index in [1.807, 2.05) is 41.7 Å². The summed E-state index contributed by atoms with van der Waals surface area (Å²) in [4.78, 5) is 15.7. The molecule has 4 heterocycles. The highest BCUT2D eigenvalue weighted by atomic mass is 32.1. The maximum atomic E-state index is 6.63. The standard InChI is InChI=1S/C63H35N3O2S/c1-2-12-36(13-3-1)61-64-62(40-25-28-46-44-16-5-4-14-42(44)43-15-6-7-17-45(43)50(46)34-40)66-63(65-61)49-20-11-22-56-60(49)52-33-39(27-31-54(52)68-56)41-19-10-21-55-59(41)51-32-37(26-30-53(51)67-55)38-24-29-48-47-18-8-9-23-57(47)69-58(48)35-38/h1-35H. The molecule has 0 saturated carbocycles. The van der Waals surface area contributed by atoms with Crippen LogP contribution in [0.25, 0.3) is 153 Å². The highest BCUT2D eigenvalue weighted by Crippen LogP contribution is 2.44. The van der Waals surface area contributed by atoms with E-state index in [0.29, 0.717) is 17.5 Å². The Hall–Kier alpha value is -8.97. The Morgan fingerprint density at radius 1 is 0.261 bits per heavy atom. The number of rotatable bonds is 5. The molecule has 0 amide bonds. The predicted molar refractivity (Wildman–Crippen MR) is 287 cm³/mol. The van der Waals surface area contributed by atoms with E-state index in [0.717, 1.165) is 82.6 Å². The first-order valence-electron chi connectivity index (χ1n) is 23.1. The van der Waals surface area contributed by atoms with E-state index in [1.165, 1.54) is 52.7 Å². The van der Waals surface area contributed by atoms with Gasteiger partial charge in [0.1, 0.15) is 22.3 Å². The van der Waals surface area contributed by atoms with Gasteiger partial charge in [0, 0.05) is 58.4 Å². The number of benzene rings is 11. The molecule has 0 spiro atoms. The second kappa shape index (κ2) is 14.8. The molecule has 0 unspecified atom stereocenters. The van der Waals surface area contributed by atoms with Crippen LogP contribution >= 0.6 is 11.3 Å². The largest absolute Gasteiger partial charge is 0.456 e. The van der Waals surface area contributed by atoms with Crippen LogP contribution in [0.3, 0.4) is 0 Å². The van der Waals surface area contributed by atoms with Gasteiger partial charge in [-0.15, -0.1) is 11.3 Å². The lowest BCUT2D eigenvalue weighted by molar-refractivity contribution is 0.669. The van der Waals surface area contributed by atoms with E-state index < -0.39 is 0 Å². The molecule has 320 valence electrons. The van der Waals surface area contributed by atoms with Gasteiger partial charge in [-0.3, -0.25) is 0 Å². The third-order valence-electron chi connectivity index (χ3n) is 13.9. The third-order valence-corrected chi connectivity index (χ3v) is 15.1. The van der Waals surface area contributed by atoms with Crippen molar-refractivity contribution in [1.29, 1.82) is 0 Å². The summed E-state index contributed by atoms with van der Waals surface area (Å²) in [6.45, 7) is 0. The molecule has 69 heavy (non-hydrogen) atoms. The number of hydrogen-bond donors (Lipinski definition) is 0. The molecule has 11 aromatic carbocycles. The monoisotopic (exact) mass is 897 g/mol. The van der Waals surface area contributed by atoms with Gasteiger partial charge in [-0.1, -0.05) is 158 Å². The molecule has 0 fully saturated rings. The van der Waals surface area contributed by atoms with Gasteiger partial charge in [0.2, 0.25) is 0 Å². The minimum atomic E-state index is 0.574. The molecule has 15 rings (SSSR count). The van der Waals surface area contributed by atoms with Crippen molar-refractivity contribution >= 4 is 108 Å². The lowest BCUT2D eigenvalue weighted by Crippen LogP contribution is -2.00. The summed E-state index contributed by atoms with van der Waals surface area (Å²) in [7, 11) is 0. The van der Waals surface area contributed by atoms with Crippen LogP contribution in [0.2, 0.25) is 0 Å². The molecule has 0 atom stereocenters. The first-order chi connectivity index (χ1) is 34.2. The van der Waals surface area contributed by atoms with Crippen molar-refractivity contribution < 1.29 is 8.83 Å². The van der Waals surface area contributed by atoms with Crippen molar-refractivity contribution in [3.8, 4) is 56.4 Å². The van der Waals surface area contributed by atoms with Gasteiger partial charge in [-0.2, -0.15) is 0 Å².